The van der Waals surface area contributed by atoms with Gasteiger partial charge >= 0.3 is 0 Å². The van der Waals surface area contributed by atoms with E-state index in [1.54, 1.807) is 18.1 Å². The fourth-order valence-electron chi connectivity index (χ4n) is 3.09. The highest BCUT2D eigenvalue weighted by molar-refractivity contribution is 5.47. The lowest BCUT2D eigenvalue weighted by Gasteiger charge is -2.24. The van der Waals surface area contributed by atoms with Crippen LogP contribution in [0.15, 0.2) is 18.5 Å². The summed E-state index contributed by atoms with van der Waals surface area (Å²) in [6.07, 6.45) is 2.69. The Morgan fingerprint density at radius 3 is 2.87 bits per heavy atom. The molecule has 0 aliphatic carbocycles. The predicted molar refractivity (Wildman–Crippen MR) is 82.0 cm³/mol. The normalized spacial score (nSPS) is 21.4. The second-order valence-corrected chi connectivity index (χ2v) is 5.76. The number of anilines is 1. The van der Waals surface area contributed by atoms with Crippen LogP contribution in [-0.4, -0.2) is 54.3 Å². The number of hydrogen-bond donors (Lipinski definition) is 0. The summed E-state index contributed by atoms with van der Waals surface area (Å²) in [4.78, 5) is 6.50. The fraction of sp³-hybridized carbons (Fsp3) is 0.500. The van der Waals surface area contributed by atoms with Crippen molar-refractivity contribution in [3.05, 3.63) is 30.1 Å². The Morgan fingerprint density at radius 1 is 1.26 bits per heavy atom. The lowest BCUT2D eigenvalue weighted by Crippen LogP contribution is -2.27. The molecule has 0 aromatic carbocycles. The van der Waals surface area contributed by atoms with Crippen LogP contribution in [0.3, 0.4) is 0 Å². The third-order valence-electron chi connectivity index (χ3n) is 4.23. The largest absolute Gasteiger partial charge is 0.380 e. The molecular weight excluding hydrogens is 296 g/mol. The Morgan fingerprint density at radius 2 is 2.13 bits per heavy atom. The minimum absolute atomic E-state index is 0.0713. The van der Waals surface area contributed by atoms with Crippen molar-refractivity contribution in [1.82, 2.24) is 34.6 Å². The van der Waals surface area contributed by atoms with Gasteiger partial charge in [-0.2, -0.15) is 0 Å². The summed E-state index contributed by atoms with van der Waals surface area (Å²) >= 11 is 0. The van der Waals surface area contributed by atoms with E-state index in [1.165, 1.54) is 0 Å². The molecule has 0 N–H and O–H groups in total. The van der Waals surface area contributed by atoms with Gasteiger partial charge in [0.1, 0.15) is 12.2 Å². The van der Waals surface area contributed by atoms with Crippen molar-refractivity contribution in [2.75, 3.05) is 18.6 Å². The van der Waals surface area contributed by atoms with Crippen molar-refractivity contribution >= 4 is 11.5 Å². The van der Waals surface area contributed by atoms with Crippen molar-refractivity contribution < 1.29 is 4.74 Å². The molecule has 0 saturated carbocycles. The van der Waals surface area contributed by atoms with E-state index in [-0.39, 0.29) is 12.1 Å². The molecule has 1 fully saturated rings. The Bertz CT molecular complexity index is 840. The summed E-state index contributed by atoms with van der Waals surface area (Å²) in [6.45, 7) is 2.60. The third kappa shape index (κ3) is 2.33. The molecule has 4 heterocycles. The van der Waals surface area contributed by atoms with Crippen molar-refractivity contribution in [2.24, 2.45) is 7.05 Å². The van der Waals surface area contributed by atoms with Crippen LogP contribution < -0.4 is 4.90 Å². The Balaban J connectivity index is 1.75. The maximum absolute atomic E-state index is 5.56. The average Bonchev–Trinajstić information content (AvgIpc) is 3.22. The summed E-state index contributed by atoms with van der Waals surface area (Å²) in [7, 11) is 3.68. The lowest BCUT2D eigenvalue weighted by molar-refractivity contribution is 0.118. The van der Waals surface area contributed by atoms with E-state index in [0.717, 1.165) is 30.3 Å². The SMILES string of the molecule is CO[C@@H]1C[C@@H](c2nncn2C)N(c2ccc3nc(C)nn3n2)C1. The number of fused-ring (bicyclic) bond motifs is 1. The molecule has 2 atom stereocenters. The van der Waals surface area contributed by atoms with Crippen LogP contribution in [0.1, 0.15) is 24.1 Å². The molecule has 3 aromatic rings. The van der Waals surface area contributed by atoms with E-state index >= 15 is 0 Å². The van der Waals surface area contributed by atoms with E-state index < -0.39 is 0 Å². The summed E-state index contributed by atoms with van der Waals surface area (Å²) < 4.78 is 9.07. The fourth-order valence-corrected chi connectivity index (χ4v) is 3.09. The molecule has 1 aliphatic rings. The molecule has 0 radical (unpaired) electrons. The van der Waals surface area contributed by atoms with E-state index in [9.17, 15) is 0 Å². The first-order valence-electron chi connectivity index (χ1n) is 7.49. The molecule has 23 heavy (non-hydrogen) atoms. The maximum Gasteiger partial charge on any atom is 0.176 e. The summed E-state index contributed by atoms with van der Waals surface area (Å²) in [5, 5.41) is 17.1. The minimum atomic E-state index is 0.0713. The number of ether oxygens (including phenoxy) is 1. The summed E-state index contributed by atoms with van der Waals surface area (Å²) in [5.74, 6) is 2.44. The van der Waals surface area contributed by atoms with Crippen LogP contribution in [0.5, 0.6) is 0 Å². The molecule has 4 rings (SSSR count). The van der Waals surface area contributed by atoms with Gasteiger partial charge in [-0.15, -0.1) is 25.0 Å². The molecule has 9 nitrogen and oxygen atoms in total. The van der Waals surface area contributed by atoms with E-state index in [1.807, 2.05) is 30.7 Å². The van der Waals surface area contributed by atoms with Crippen LogP contribution in [0.2, 0.25) is 0 Å². The van der Waals surface area contributed by atoms with E-state index in [4.69, 9.17) is 4.74 Å². The highest BCUT2D eigenvalue weighted by Crippen LogP contribution is 2.35. The van der Waals surface area contributed by atoms with Crippen LogP contribution in [0.25, 0.3) is 5.65 Å². The van der Waals surface area contributed by atoms with Crippen molar-refractivity contribution in [1.29, 1.82) is 0 Å². The van der Waals surface area contributed by atoms with Gasteiger partial charge in [-0.05, 0) is 19.1 Å². The third-order valence-corrected chi connectivity index (χ3v) is 4.23. The maximum atomic E-state index is 5.56. The molecule has 1 saturated heterocycles. The van der Waals surface area contributed by atoms with Gasteiger partial charge in [-0.1, -0.05) is 0 Å². The Labute approximate surface area is 132 Å². The van der Waals surface area contributed by atoms with Crippen LogP contribution >= 0.6 is 0 Å². The van der Waals surface area contributed by atoms with Crippen molar-refractivity contribution in [2.45, 2.75) is 25.5 Å². The van der Waals surface area contributed by atoms with Gasteiger partial charge in [0.05, 0.1) is 12.1 Å². The topological polar surface area (TPSA) is 86.3 Å². The van der Waals surface area contributed by atoms with Gasteiger partial charge in [0.25, 0.3) is 0 Å². The summed E-state index contributed by atoms with van der Waals surface area (Å²) in [6, 6.07) is 3.96. The van der Waals surface area contributed by atoms with Crippen molar-refractivity contribution in [3.63, 3.8) is 0 Å². The molecule has 3 aromatic heterocycles. The number of methoxy groups -OCH3 is 1. The first-order chi connectivity index (χ1) is 11.2. The minimum Gasteiger partial charge on any atom is -0.380 e. The highest BCUT2D eigenvalue weighted by atomic mass is 16.5. The zero-order chi connectivity index (χ0) is 16.0. The second kappa shape index (κ2) is 5.27. The first-order valence-corrected chi connectivity index (χ1v) is 7.49. The number of nitrogens with zero attached hydrogens (tertiary/aromatic N) is 8. The Hall–Kier alpha value is -2.55. The molecule has 0 unspecified atom stereocenters. The van der Waals surface area contributed by atoms with E-state index in [0.29, 0.717) is 5.82 Å². The standard InChI is InChI=1S/C14H18N8O/c1-9-16-12-4-5-13(19-22(12)18-9)21-7-10(23-3)6-11(21)14-17-15-8-20(14)2/h4-5,8,10-11H,6-7H2,1-3H3/t10-,11+/m1/s1. The van der Waals surface area contributed by atoms with Gasteiger partial charge in [0.2, 0.25) is 0 Å². The molecule has 0 amide bonds. The van der Waals surface area contributed by atoms with E-state index in [2.05, 4.69) is 30.3 Å². The summed E-state index contributed by atoms with van der Waals surface area (Å²) in [5.41, 5.74) is 0.740. The van der Waals surface area contributed by atoms with Crippen LogP contribution in [0, 0.1) is 6.92 Å². The predicted octanol–water partition coefficient (Wildman–Crippen LogP) is 0.528. The average molecular weight is 314 g/mol. The van der Waals surface area contributed by atoms with Crippen LogP contribution in [-0.2, 0) is 11.8 Å². The van der Waals surface area contributed by atoms with Gasteiger partial charge in [0, 0.05) is 27.1 Å². The highest BCUT2D eigenvalue weighted by Gasteiger charge is 2.37. The zero-order valence-electron chi connectivity index (χ0n) is 13.3. The van der Waals surface area contributed by atoms with Gasteiger partial charge in [-0.25, -0.2) is 4.98 Å². The molecule has 1 aliphatic heterocycles. The quantitative estimate of drug-likeness (QED) is 0.697. The monoisotopic (exact) mass is 314 g/mol. The van der Waals surface area contributed by atoms with Crippen LogP contribution in [0.4, 0.5) is 5.82 Å². The number of aromatic nitrogens is 7. The van der Waals surface area contributed by atoms with Gasteiger partial charge < -0.3 is 14.2 Å². The van der Waals surface area contributed by atoms with Gasteiger partial charge in [-0.3, -0.25) is 0 Å². The molecular formula is C14H18N8O. The van der Waals surface area contributed by atoms with Gasteiger partial charge in [0.15, 0.2) is 17.3 Å². The zero-order valence-corrected chi connectivity index (χ0v) is 13.3. The molecule has 0 spiro atoms. The Kier molecular flexibility index (Phi) is 3.22. The first kappa shape index (κ1) is 14.1. The molecule has 0 bridgehead atoms. The second-order valence-electron chi connectivity index (χ2n) is 5.76. The number of hydrogen-bond acceptors (Lipinski definition) is 7. The molecule has 120 valence electrons. The smallest absolute Gasteiger partial charge is 0.176 e. The molecule has 9 heteroatoms. The number of aryl methyl sites for hydroxylation is 2. The lowest BCUT2D eigenvalue weighted by atomic mass is 10.2. The number of rotatable bonds is 3. The van der Waals surface area contributed by atoms with Crippen molar-refractivity contribution in [3.8, 4) is 0 Å².